The number of nitriles is 1. The van der Waals surface area contributed by atoms with E-state index >= 15 is 0 Å². The molecule has 27 heavy (non-hydrogen) atoms. The van der Waals surface area contributed by atoms with Crippen LogP contribution in [0, 0.1) is 23.1 Å². The first-order chi connectivity index (χ1) is 13.1. The van der Waals surface area contributed by atoms with Crippen LogP contribution in [-0.2, 0) is 4.79 Å². The van der Waals surface area contributed by atoms with Crippen molar-refractivity contribution in [3.8, 4) is 6.07 Å². The predicted octanol–water partition coefficient (Wildman–Crippen LogP) is 2.12. The average molecular weight is 367 g/mol. The van der Waals surface area contributed by atoms with Gasteiger partial charge in [-0.15, -0.1) is 0 Å². The lowest BCUT2D eigenvalue weighted by Crippen LogP contribution is -2.40. The van der Waals surface area contributed by atoms with Gasteiger partial charge in [0.2, 0.25) is 11.9 Å². The average Bonchev–Trinajstić information content (AvgIpc) is 2.68. The minimum absolute atomic E-state index is 0.101. The third-order valence-corrected chi connectivity index (χ3v) is 5.15. The lowest BCUT2D eigenvalue weighted by molar-refractivity contribution is -0.119. The van der Waals surface area contributed by atoms with Crippen molar-refractivity contribution < 1.29 is 9.18 Å². The van der Waals surface area contributed by atoms with Crippen molar-refractivity contribution in [1.29, 1.82) is 5.26 Å². The largest absolute Gasteiger partial charge is 0.342 e. The summed E-state index contributed by atoms with van der Waals surface area (Å²) in [5.41, 5.74) is -0.209. The number of fused-ring (bicyclic) bond motifs is 1. The van der Waals surface area contributed by atoms with Gasteiger partial charge >= 0.3 is 0 Å². The molecule has 2 N–H and O–H groups in total. The Hall–Kier alpha value is -3.21. The van der Waals surface area contributed by atoms with E-state index in [4.69, 9.17) is 0 Å². The number of carbonyl (C=O) groups is 1. The van der Waals surface area contributed by atoms with Crippen molar-refractivity contribution in [2.45, 2.75) is 25.2 Å². The zero-order valence-electron chi connectivity index (χ0n) is 14.5. The Kier molecular flexibility index (Phi) is 4.36. The van der Waals surface area contributed by atoms with E-state index in [1.807, 2.05) is 11.0 Å². The first kappa shape index (κ1) is 17.2. The molecule has 2 aromatic rings. The van der Waals surface area contributed by atoms with E-state index in [0.29, 0.717) is 5.95 Å². The predicted molar refractivity (Wildman–Crippen MR) is 96.9 cm³/mol. The molecule has 0 aliphatic carbocycles. The Labute approximate surface area is 154 Å². The summed E-state index contributed by atoms with van der Waals surface area (Å²) in [6, 6.07) is 7.78. The molecular formula is C19H18FN5O2. The fraction of sp³-hybridized carbons (Fsp3) is 0.368. The Morgan fingerprint density at radius 1 is 1.19 bits per heavy atom. The molecular weight excluding hydrogens is 349 g/mol. The maximum Gasteiger partial charge on any atom is 0.258 e. The molecule has 1 aromatic carbocycles. The number of aromatic nitrogens is 2. The van der Waals surface area contributed by atoms with Crippen LogP contribution in [0.2, 0.25) is 0 Å². The third-order valence-electron chi connectivity index (χ3n) is 5.15. The van der Waals surface area contributed by atoms with Crippen LogP contribution in [0.1, 0.15) is 36.3 Å². The fourth-order valence-electron chi connectivity index (χ4n) is 3.82. The van der Waals surface area contributed by atoms with Crippen LogP contribution in [0.5, 0.6) is 0 Å². The molecule has 2 aliphatic heterocycles. The number of H-pyrrole nitrogens is 1. The molecule has 3 heterocycles. The van der Waals surface area contributed by atoms with E-state index in [9.17, 15) is 19.2 Å². The summed E-state index contributed by atoms with van der Waals surface area (Å²) in [6.07, 6.45) is 3.13. The van der Waals surface area contributed by atoms with Crippen LogP contribution in [-0.4, -0.2) is 29.0 Å². The first-order valence-electron chi connectivity index (χ1n) is 8.94. The molecule has 138 valence electrons. The summed E-state index contributed by atoms with van der Waals surface area (Å²) in [6.45, 7) is 1.54. The number of hydrogen-bond donors (Lipinski definition) is 2. The molecule has 0 saturated carbocycles. The zero-order valence-corrected chi connectivity index (χ0v) is 14.5. The van der Waals surface area contributed by atoms with E-state index in [1.54, 1.807) is 6.07 Å². The topological polar surface area (TPSA) is 102 Å². The zero-order chi connectivity index (χ0) is 19.0. The Morgan fingerprint density at radius 3 is 2.63 bits per heavy atom. The molecule has 1 aromatic heterocycles. The highest BCUT2D eigenvalue weighted by atomic mass is 19.1. The van der Waals surface area contributed by atoms with Gasteiger partial charge in [0.1, 0.15) is 17.6 Å². The number of anilines is 2. The molecule has 1 saturated heterocycles. The number of hydrogen-bond acceptors (Lipinski definition) is 5. The summed E-state index contributed by atoms with van der Waals surface area (Å²) in [7, 11) is 0. The lowest BCUT2D eigenvalue weighted by atomic mass is 9.79. The number of carbonyl (C=O) groups excluding carboxylic acids is 1. The van der Waals surface area contributed by atoms with Gasteiger partial charge in [0.05, 0.1) is 11.6 Å². The van der Waals surface area contributed by atoms with E-state index in [0.717, 1.165) is 32.4 Å². The highest BCUT2D eigenvalue weighted by molar-refractivity contribution is 5.98. The first-order valence-corrected chi connectivity index (χ1v) is 8.94. The van der Waals surface area contributed by atoms with Gasteiger partial charge < -0.3 is 10.2 Å². The molecule has 1 amide bonds. The normalized spacial score (nSPS) is 21.9. The number of benzene rings is 1. The van der Waals surface area contributed by atoms with Crippen molar-refractivity contribution in [3.05, 3.63) is 51.6 Å². The second-order valence-electron chi connectivity index (χ2n) is 6.79. The van der Waals surface area contributed by atoms with Gasteiger partial charge in [-0.1, -0.05) is 18.2 Å². The number of piperidine rings is 1. The minimum atomic E-state index is -1.21. The van der Waals surface area contributed by atoms with Gasteiger partial charge in [-0.2, -0.15) is 10.2 Å². The molecule has 7 nitrogen and oxygen atoms in total. The van der Waals surface area contributed by atoms with Gasteiger partial charge in [-0.05, 0) is 30.9 Å². The monoisotopic (exact) mass is 367 g/mol. The molecule has 0 spiro atoms. The smallest absolute Gasteiger partial charge is 0.258 e. The molecule has 1 fully saturated rings. The number of halogens is 1. The van der Waals surface area contributed by atoms with Crippen LogP contribution in [0.25, 0.3) is 0 Å². The number of amides is 1. The van der Waals surface area contributed by atoms with Crippen LogP contribution in [0.15, 0.2) is 29.1 Å². The van der Waals surface area contributed by atoms with Gasteiger partial charge in [-0.3, -0.25) is 14.6 Å². The van der Waals surface area contributed by atoms with Crippen LogP contribution in [0.4, 0.5) is 16.2 Å². The van der Waals surface area contributed by atoms with Crippen molar-refractivity contribution in [2.75, 3.05) is 23.3 Å². The second kappa shape index (κ2) is 6.83. The number of rotatable bonds is 2. The molecule has 0 radical (unpaired) electrons. The summed E-state index contributed by atoms with van der Waals surface area (Å²) < 4.78 is 14.4. The maximum absolute atomic E-state index is 14.4. The van der Waals surface area contributed by atoms with Gasteiger partial charge in [-0.25, -0.2) is 4.39 Å². The molecule has 0 bridgehead atoms. The number of aromatic amines is 1. The van der Waals surface area contributed by atoms with Crippen LogP contribution < -0.4 is 15.8 Å². The van der Waals surface area contributed by atoms with E-state index in [1.165, 1.54) is 18.2 Å². The standard InChI is InChI=1S/C19H18FN5O2/c20-13-7-3-2-6-11(13)14-12(10-21)17(26)22-16-15(14)18(27)24-19(23-16)25-8-4-1-5-9-25/h2-3,6-7,12,14H,1,4-5,8-9H2,(H2,22,23,24,26,27). The van der Waals surface area contributed by atoms with Crippen molar-refractivity contribution >= 4 is 17.7 Å². The van der Waals surface area contributed by atoms with Gasteiger partial charge in [0, 0.05) is 19.0 Å². The molecule has 2 unspecified atom stereocenters. The summed E-state index contributed by atoms with van der Waals surface area (Å²) in [5.74, 6) is -2.88. The second-order valence-corrected chi connectivity index (χ2v) is 6.79. The van der Waals surface area contributed by atoms with Crippen LogP contribution in [0.3, 0.4) is 0 Å². The van der Waals surface area contributed by atoms with Gasteiger partial charge in [0.15, 0.2) is 0 Å². The molecule has 4 rings (SSSR count). The Morgan fingerprint density at radius 2 is 1.93 bits per heavy atom. The SMILES string of the molecule is N#CC1C(=O)Nc2nc(N3CCCCC3)[nH]c(=O)c2C1c1ccccc1F. The summed E-state index contributed by atoms with van der Waals surface area (Å²) in [5, 5.41) is 12.0. The Balaban J connectivity index is 1.87. The third kappa shape index (κ3) is 2.95. The molecule has 8 heteroatoms. The van der Waals surface area contributed by atoms with Gasteiger partial charge in [0.25, 0.3) is 5.56 Å². The summed E-state index contributed by atoms with van der Waals surface area (Å²) in [4.78, 5) is 34.5. The maximum atomic E-state index is 14.4. The lowest BCUT2D eigenvalue weighted by Gasteiger charge is -2.31. The number of nitrogens with zero attached hydrogens (tertiary/aromatic N) is 3. The van der Waals surface area contributed by atoms with E-state index < -0.39 is 29.1 Å². The molecule has 2 aliphatic rings. The minimum Gasteiger partial charge on any atom is -0.342 e. The van der Waals surface area contributed by atoms with E-state index in [2.05, 4.69) is 15.3 Å². The van der Waals surface area contributed by atoms with E-state index in [-0.39, 0.29) is 16.9 Å². The number of nitrogens with one attached hydrogen (secondary N) is 2. The fourth-order valence-corrected chi connectivity index (χ4v) is 3.82. The Bertz CT molecular complexity index is 990. The van der Waals surface area contributed by atoms with Crippen molar-refractivity contribution in [2.24, 2.45) is 5.92 Å². The van der Waals surface area contributed by atoms with Crippen molar-refractivity contribution in [3.63, 3.8) is 0 Å². The highest BCUT2D eigenvalue weighted by Crippen LogP contribution is 2.39. The van der Waals surface area contributed by atoms with Crippen LogP contribution >= 0.6 is 0 Å². The van der Waals surface area contributed by atoms with Crippen molar-refractivity contribution in [1.82, 2.24) is 9.97 Å². The summed E-state index contributed by atoms with van der Waals surface area (Å²) >= 11 is 0. The molecule has 2 atom stereocenters. The highest BCUT2D eigenvalue weighted by Gasteiger charge is 2.41. The quantitative estimate of drug-likeness (QED) is 0.847.